The zero-order valence-corrected chi connectivity index (χ0v) is 11.8. The first-order chi connectivity index (χ1) is 9.44. The predicted molar refractivity (Wildman–Crippen MR) is 66.9 cm³/mol. The minimum absolute atomic E-state index is 0.00220. The lowest BCUT2D eigenvalue weighted by Gasteiger charge is -2.23. The lowest BCUT2D eigenvalue weighted by atomic mass is 10.0. The Balaban J connectivity index is 3.47. The topological polar surface area (TPSA) is 70.3 Å². The van der Waals surface area contributed by atoms with Crippen LogP contribution >= 0.6 is 0 Å². The Kier molecular flexibility index (Phi) is 4.43. The molecule has 0 saturated heterocycles. The molecule has 0 N–H and O–H groups in total. The molecule has 21 heavy (non-hydrogen) atoms. The van der Waals surface area contributed by atoms with Gasteiger partial charge in [0.15, 0.2) is 4.75 Å². The number of carbonyl (C=O) groups is 1. The number of amides is 1. The lowest BCUT2D eigenvalue weighted by molar-refractivity contribution is -0.169. The molecule has 0 aromatic heterocycles. The normalized spacial score (nSPS) is 17.2. The molecule has 0 fully saturated rings. The van der Waals surface area contributed by atoms with Crippen LogP contribution in [-0.4, -0.2) is 22.5 Å². The number of carbonyl (C=O) groups excluding carboxylic acids is 1. The van der Waals surface area contributed by atoms with Crippen molar-refractivity contribution in [2.24, 2.45) is 4.36 Å². The van der Waals surface area contributed by atoms with Gasteiger partial charge in [-0.25, -0.2) is 8.60 Å². The first kappa shape index (κ1) is 17.1. The Hall–Kier alpha value is -1.95. The second kappa shape index (κ2) is 5.44. The Morgan fingerprint density at radius 2 is 1.76 bits per heavy atom. The number of halogens is 4. The summed E-state index contributed by atoms with van der Waals surface area (Å²) in [4.78, 5) is 10.9. The molecule has 2 atom stereocenters. The SMILES string of the molecule is CC(C#N)(c1ccc(F)cc1)S(C)(=O)=NC(=O)C(F)(F)F. The van der Waals surface area contributed by atoms with E-state index in [9.17, 15) is 31.8 Å². The van der Waals surface area contributed by atoms with Gasteiger partial charge in [-0.05, 0) is 24.6 Å². The summed E-state index contributed by atoms with van der Waals surface area (Å²) in [5.41, 5.74) is -0.00220. The smallest absolute Gasteiger partial charge is 0.261 e. The maximum atomic E-state index is 12.9. The van der Waals surface area contributed by atoms with Gasteiger partial charge in [-0.15, -0.1) is 0 Å². The van der Waals surface area contributed by atoms with Crippen LogP contribution in [0.5, 0.6) is 0 Å². The van der Waals surface area contributed by atoms with Gasteiger partial charge in [-0.1, -0.05) is 12.1 Å². The van der Waals surface area contributed by atoms with Crippen LogP contribution in [0.1, 0.15) is 12.5 Å². The van der Waals surface area contributed by atoms with Crippen molar-refractivity contribution in [3.05, 3.63) is 35.6 Å². The van der Waals surface area contributed by atoms with Gasteiger partial charge < -0.3 is 0 Å². The van der Waals surface area contributed by atoms with Crippen molar-refractivity contribution in [3.63, 3.8) is 0 Å². The molecule has 0 radical (unpaired) electrons. The van der Waals surface area contributed by atoms with Crippen molar-refractivity contribution in [1.82, 2.24) is 0 Å². The van der Waals surface area contributed by atoms with E-state index in [2.05, 4.69) is 4.36 Å². The number of benzene rings is 1. The molecule has 0 aliphatic heterocycles. The van der Waals surface area contributed by atoms with E-state index >= 15 is 0 Å². The molecular weight excluding hydrogens is 312 g/mol. The molecule has 0 aliphatic carbocycles. The van der Waals surface area contributed by atoms with E-state index in [0.29, 0.717) is 0 Å². The Morgan fingerprint density at radius 3 is 2.14 bits per heavy atom. The van der Waals surface area contributed by atoms with Crippen LogP contribution in [0.25, 0.3) is 0 Å². The second-order valence-electron chi connectivity index (χ2n) is 4.35. The average Bonchev–Trinajstić information content (AvgIpc) is 2.36. The second-order valence-corrected chi connectivity index (χ2v) is 6.95. The van der Waals surface area contributed by atoms with E-state index in [-0.39, 0.29) is 5.56 Å². The zero-order valence-electron chi connectivity index (χ0n) is 10.9. The number of hydrogen-bond donors (Lipinski definition) is 0. The Morgan fingerprint density at radius 1 is 1.29 bits per heavy atom. The van der Waals surface area contributed by atoms with Gasteiger partial charge in [0.2, 0.25) is 0 Å². The maximum absolute atomic E-state index is 12.9. The van der Waals surface area contributed by atoms with Crippen LogP contribution in [0.15, 0.2) is 28.6 Å². The van der Waals surface area contributed by atoms with Crippen molar-refractivity contribution in [1.29, 1.82) is 5.26 Å². The van der Waals surface area contributed by atoms with Crippen LogP contribution in [0.4, 0.5) is 17.6 Å². The fourth-order valence-electron chi connectivity index (χ4n) is 1.44. The van der Waals surface area contributed by atoms with Crippen LogP contribution in [0.2, 0.25) is 0 Å². The van der Waals surface area contributed by atoms with Crippen molar-refractivity contribution in [3.8, 4) is 6.07 Å². The third-order valence-corrected chi connectivity index (χ3v) is 5.22. The van der Waals surface area contributed by atoms with Crippen LogP contribution in [-0.2, 0) is 19.3 Å². The third kappa shape index (κ3) is 3.39. The monoisotopic (exact) mass is 322 g/mol. The van der Waals surface area contributed by atoms with Crippen molar-refractivity contribution >= 4 is 15.6 Å². The molecule has 4 nitrogen and oxygen atoms in total. The number of alkyl halides is 3. The van der Waals surface area contributed by atoms with E-state index < -0.39 is 32.4 Å². The van der Waals surface area contributed by atoms with Crippen molar-refractivity contribution in [2.75, 3.05) is 6.26 Å². The molecule has 1 rings (SSSR count). The molecule has 2 unspecified atom stereocenters. The largest absolute Gasteiger partial charge is 0.474 e. The zero-order chi connectivity index (χ0) is 16.5. The summed E-state index contributed by atoms with van der Waals surface area (Å²) in [5, 5.41) is 9.18. The van der Waals surface area contributed by atoms with Gasteiger partial charge >= 0.3 is 12.1 Å². The summed E-state index contributed by atoms with van der Waals surface area (Å²) >= 11 is 0. The van der Waals surface area contributed by atoms with E-state index in [1.807, 2.05) is 0 Å². The van der Waals surface area contributed by atoms with E-state index in [1.54, 1.807) is 6.07 Å². The summed E-state index contributed by atoms with van der Waals surface area (Å²) in [6.07, 6.45) is -4.50. The molecule has 114 valence electrons. The quantitative estimate of drug-likeness (QED) is 0.786. The predicted octanol–water partition coefficient (Wildman–Crippen LogP) is 2.75. The van der Waals surface area contributed by atoms with Crippen molar-refractivity contribution in [2.45, 2.75) is 17.8 Å². The van der Waals surface area contributed by atoms with Crippen LogP contribution < -0.4 is 0 Å². The van der Waals surface area contributed by atoms with Gasteiger partial charge in [0, 0.05) is 6.26 Å². The summed E-state index contributed by atoms with van der Waals surface area (Å²) in [7, 11) is -3.90. The summed E-state index contributed by atoms with van der Waals surface area (Å²) < 4.78 is 62.6. The summed E-state index contributed by atoms with van der Waals surface area (Å²) in [6, 6.07) is 5.74. The van der Waals surface area contributed by atoms with E-state index in [1.165, 1.54) is 0 Å². The van der Waals surface area contributed by atoms with Crippen LogP contribution in [0.3, 0.4) is 0 Å². The first-order valence-electron chi connectivity index (χ1n) is 5.44. The summed E-state index contributed by atoms with van der Waals surface area (Å²) in [5.74, 6) is -3.16. The molecule has 1 aromatic carbocycles. The number of nitriles is 1. The standard InChI is InChI=1S/C12H10F4N2O2S/c1-11(7-17,8-3-5-9(13)6-4-8)21(2,20)18-10(19)12(14,15)16/h3-6H,1-2H3. The van der Waals surface area contributed by atoms with E-state index in [4.69, 9.17) is 0 Å². The minimum Gasteiger partial charge on any atom is -0.261 e. The van der Waals surface area contributed by atoms with Gasteiger partial charge in [-0.2, -0.15) is 22.8 Å². The maximum Gasteiger partial charge on any atom is 0.474 e. The molecule has 1 aromatic rings. The molecule has 0 heterocycles. The minimum atomic E-state index is -5.28. The van der Waals surface area contributed by atoms with Crippen molar-refractivity contribution < 1.29 is 26.6 Å². The molecule has 0 spiro atoms. The Bertz CT molecular complexity index is 712. The molecule has 9 heteroatoms. The average molecular weight is 322 g/mol. The van der Waals surface area contributed by atoms with Gasteiger partial charge in [0.1, 0.15) is 5.82 Å². The van der Waals surface area contributed by atoms with Crippen LogP contribution in [0, 0.1) is 17.1 Å². The molecular formula is C12H10F4N2O2S. The van der Waals surface area contributed by atoms with Gasteiger partial charge in [0.25, 0.3) is 0 Å². The Labute approximate surface area is 118 Å². The van der Waals surface area contributed by atoms with Gasteiger partial charge in [0.05, 0.1) is 15.8 Å². The fraction of sp³-hybridized carbons (Fsp3) is 0.333. The molecule has 0 bridgehead atoms. The number of hydrogen-bond acceptors (Lipinski definition) is 3. The number of rotatable bonds is 2. The molecule has 0 aliphatic rings. The van der Waals surface area contributed by atoms with Gasteiger partial charge in [-0.3, -0.25) is 4.79 Å². The molecule has 0 saturated carbocycles. The highest BCUT2D eigenvalue weighted by Crippen LogP contribution is 2.31. The first-order valence-corrected chi connectivity index (χ1v) is 7.36. The highest BCUT2D eigenvalue weighted by molar-refractivity contribution is 7.94. The highest BCUT2D eigenvalue weighted by atomic mass is 32.2. The molecule has 1 amide bonds. The number of nitrogens with zero attached hydrogens (tertiary/aromatic N) is 2. The third-order valence-electron chi connectivity index (χ3n) is 2.87. The van der Waals surface area contributed by atoms with E-state index in [0.717, 1.165) is 37.4 Å². The summed E-state index contributed by atoms with van der Waals surface area (Å²) in [6.45, 7) is 1.08. The highest BCUT2D eigenvalue weighted by Gasteiger charge is 2.43. The fourth-order valence-corrected chi connectivity index (χ4v) is 2.78. The lowest BCUT2D eigenvalue weighted by Crippen LogP contribution is -2.32.